The van der Waals surface area contributed by atoms with Crippen LogP contribution in [-0.2, 0) is 11.5 Å². The van der Waals surface area contributed by atoms with E-state index in [1.807, 2.05) is 24.3 Å². The van der Waals surface area contributed by atoms with E-state index < -0.39 is 9.85 Å². The molecule has 6 nitrogen and oxygen atoms in total. The molecule has 0 radical (unpaired) electrons. The minimum atomic E-state index is -0.416. The Hall–Kier alpha value is -3.39. The largest absolute Gasteiger partial charge is 0.277 e. The third-order valence-electron chi connectivity index (χ3n) is 5.46. The lowest BCUT2D eigenvalue weighted by Gasteiger charge is -2.14. The van der Waals surface area contributed by atoms with E-state index >= 15 is 0 Å². The molecule has 0 fully saturated rings. The van der Waals surface area contributed by atoms with Gasteiger partial charge in [0.15, 0.2) is 0 Å². The van der Waals surface area contributed by atoms with E-state index in [0.29, 0.717) is 43.8 Å². The number of nitrogens with zero attached hydrogens (tertiary/aromatic N) is 2. The number of hydrogen-bond donors (Lipinski definition) is 0. The maximum atomic E-state index is 11.6. The van der Waals surface area contributed by atoms with Gasteiger partial charge in [0.25, 0.3) is 11.4 Å². The molecular formula is C26H18Cl2N2O4S. The van der Waals surface area contributed by atoms with E-state index in [1.54, 1.807) is 60.3 Å². The zero-order valence-electron chi connectivity index (χ0n) is 18.2. The highest BCUT2D eigenvalue weighted by Gasteiger charge is 2.21. The summed E-state index contributed by atoms with van der Waals surface area (Å²) >= 11 is 14.6. The second-order valence-corrected chi connectivity index (χ2v) is 9.39. The number of rotatable bonds is 8. The van der Waals surface area contributed by atoms with Crippen molar-refractivity contribution in [2.75, 3.05) is 0 Å². The molecule has 0 heterocycles. The normalized spacial score (nSPS) is 10.8. The molecule has 0 amide bonds. The summed E-state index contributed by atoms with van der Waals surface area (Å²) in [6.07, 6.45) is 0. The number of hydrogen-bond acceptors (Lipinski definition) is 5. The lowest BCUT2D eigenvalue weighted by Crippen LogP contribution is -1.97. The first-order valence-electron chi connectivity index (χ1n) is 10.5. The fourth-order valence-corrected chi connectivity index (χ4v) is 5.56. The van der Waals surface area contributed by atoms with Gasteiger partial charge in [0.2, 0.25) is 0 Å². The van der Waals surface area contributed by atoms with Crippen LogP contribution >= 0.6 is 35.0 Å². The first-order chi connectivity index (χ1) is 16.9. The average Bonchev–Trinajstić information content (AvgIpc) is 2.84. The second-order valence-electron chi connectivity index (χ2n) is 7.59. The zero-order valence-corrected chi connectivity index (χ0v) is 20.5. The monoisotopic (exact) mass is 524 g/mol. The molecule has 0 unspecified atom stereocenters. The molecule has 176 valence electrons. The standard InChI is InChI=1S/C26H18Cl2N2O4S/c27-21-11-5-7-17(25(21)19-9-1-3-13-23(19)29(31)32)15-35-16-18-8-6-12-22(28)26(18)20-10-2-4-14-24(20)30(33)34/h1-14H,15-16H2. The molecule has 0 aliphatic carbocycles. The van der Waals surface area contributed by atoms with Gasteiger partial charge in [0.1, 0.15) is 0 Å². The van der Waals surface area contributed by atoms with Crippen molar-refractivity contribution in [1.82, 2.24) is 0 Å². The van der Waals surface area contributed by atoms with Crippen LogP contribution < -0.4 is 0 Å². The van der Waals surface area contributed by atoms with Gasteiger partial charge >= 0.3 is 0 Å². The van der Waals surface area contributed by atoms with Crippen LogP contribution in [0, 0.1) is 20.2 Å². The van der Waals surface area contributed by atoms with Gasteiger partial charge in [0.05, 0.1) is 21.0 Å². The second kappa shape index (κ2) is 10.9. The lowest BCUT2D eigenvalue weighted by atomic mass is 9.99. The van der Waals surface area contributed by atoms with E-state index in [9.17, 15) is 20.2 Å². The zero-order chi connectivity index (χ0) is 24.9. The maximum absolute atomic E-state index is 11.6. The number of benzene rings is 4. The molecule has 0 aliphatic rings. The number of nitro benzene ring substituents is 2. The average molecular weight is 525 g/mol. The summed E-state index contributed by atoms with van der Waals surface area (Å²) in [6, 6.07) is 23.9. The van der Waals surface area contributed by atoms with Crippen molar-refractivity contribution >= 4 is 46.3 Å². The smallest absolute Gasteiger partial charge is 0.258 e. The molecule has 0 atom stereocenters. The summed E-state index contributed by atoms with van der Waals surface area (Å²) in [4.78, 5) is 22.4. The Bertz CT molecular complexity index is 1320. The minimum absolute atomic E-state index is 0.0136. The van der Waals surface area contributed by atoms with Gasteiger partial charge in [-0.3, -0.25) is 20.2 Å². The fraction of sp³-hybridized carbons (Fsp3) is 0.0769. The Morgan fingerprint density at radius 3 is 1.40 bits per heavy atom. The van der Waals surface area contributed by atoms with Crippen molar-refractivity contribution in [3.63, 3.8) is 0 Å². The quantitative estimate of drug-likeness (QED) is 0.170. The molecule has 0 spiro atoms. The lowest BCUT2D eigenvalue weighted by molar-refractivity contribution is -0.384. The highest BCUT2D eigenvalue weighted by molar-refractivity contribution is 7.97. The van der Waals surface area contributed by atoms with Gasteiger partial charge in [-0.25, -0.2) is 0 Å². The predicted octanol–water partition coefficient (Wildman–Crippen LogP) is 8.58. The van der Waals surface area contributed by atoms with Gasteiger partial charge in [-0.1, -0.05) is 71.7 Å². The van der Waals surface area contributed by atoms with Crippen molar-refractivity contribution in [2.24, 2.45) is 0 Å². The van der Waals surface area contributed by atoms with E-state index in [-0.39, 0.29) is 11.4 Å². The number of para-hydroxylation sites is 2. The maximum Gasteiger partial charge on any atom is 0.277 e. The summed E-state index contributed by atoms with van der Waals surface area (Å²) in [5.41, 5.74) is 3.85. The van der Waals surface area contributed by atoms with Crippen LogP contribution in [0.5, 0.6) is 0 Å². The van der Waals surface area contributed by atoms with Crippen LogP contribution in [-0.4, -0.2) is 9.85 Å². The number of nitro groups is 2. The van der Waals surface area contributed by atoms with Crippen molar-refractivity contribution in [3.8, 4) is 22.3 Å². The number of thioether (sulfide) groups is 1. The van der Waals surface area contributed by atoms with Gasteiger partial charge in [-0.2, -0.15) is 11.8 Å². The highest BCUT2D eigenvalue weighted by atomic mass is 35.5. The molecule has 9 heteroatoms. The van der Waals surface area contributed by atoms with E-state index in [1.165, 1.54) is 12.1 Å². The Morgan fingerprint density at radius 2 is 1.00 bits per heavy atom. The molecule has 0 N–H and O–H groups in total. The van der Waals surface area contributed by atoms with Crippen LogP contribution in [0.2, 0.25) is 10.0 Å². The van der Waals surface area contributed by atoms with Crippen molar-refractivity contribution in [1.29, 1.82) is 0 Å². The van der Waals surface area contributed by atoms with Crippen molar-refractivity contribution in [2.45, 2.75) is 11.5 Å². The van der Waals surface area contributed by atoms with Gasteiger partial charge in [-0.15, -0.1) is 0 Å². The SMILES string of the molecule is O=[N+]([O-])c1ccccc1-c1c(Cl)cccc1CSCc1cccc(Cl)c1-c1ccccc1[N+](=O)[O-]. The van der Waals surface area contributed by atoms with Crippen LogP contribution in [0.4, 0.5) is 11.4 Å². The molecular weight excluding hydrogens is 507 g/mol. The van der Waals surface area contributed by atoms with Gasteiger partial charge in [-0.05, 0) is 35.4 Å². The molecule has 4 aromatic rings. The van der Waals surface area contributed by atoms with Crippen LogP contribution in [0.1, 0.15) is 11.1 Å². The molecule has 4 rings (SSSR count). The molecule has 0 aromatic heterocycles. The fourth-order valence-electron chi connectivity index (χ4n) is 3.94. The van der Waals surface area contributed by atoms with E-state index in [0.717, 1.165) is 11.1 Å². The third-order valence-corrected chi connectivity index (χ3v) is 7.12. The molecule has 4 aromatic carbocycles. The van der Waals surface area contributed by atoms with Crippen LogP contribution in [0.15, 0.2) is 84.9 Å². The minimum Gasteiger partial charge on any atom is -0.258 e. The third kappa shape index (κ3) is 5.32. The summed E-state index contributed by atoms with van der Waals surface area (Å²) in [5, 5.41) is 24.0. The van der Waals surface area contributed by atoms with Gasteiger partial charge in [0, 0.05) is 44.8 Å². The van der Waals surface area contributed by atoms with Crippen molar-refractivity contribution < 1.29 is 9.85 Å². The summed E-state index contributed by atoms with van der Waals surface area (Å²) in [7, 11) is 0. The van der Waals surface area contributed by atoms with Crippen molar-refractivity contribution in [3.05, 3.63) is 126 Å². The number of halogens is 2. The Labute approximate surface area is 215 Å². The molecule has 35 heavy (non-hydrogen) atoms. The van der Waals surface area contributed by atoms with Crippen LogP contribution in [0.3, 0.4) is 0 Å². The molecule has 0 bridgehead atoms. The predicted molar refractivity (Wildman–Crippen MR) is 142 cm³/mol. The first-order valence-corrected chi connectivity index (χ1v) is 12.4. The Morgan fingerprint density at radius 1 is 0.600 bits per heavy atom. The topological polar surface area (TPSA) is 86.3 Å². The molecule has 0 saturated heterocycles. The van der Waals surface area contributed by atoms with E-state index in [2.05, 4.69) is 0 Å². The summed E-state index contributed by atoms with van der Waals surface area (Å²) in [6.45, 7) is 0. The Kier molecular flexibility index (Phi) is 7.70. The van der Waals surface area contributed by atoms with Gasteiger partial charge < -0.3 is 0 Å². The molecule has 0 aliphatic heterocycles. The first kappa shape index (κ1) is 24.7. The Balaban J connectivity index is 1.66. The summed E-state index contributed by atoms with van der Waals surface area (Å²) < 4.78 is 0. The van der Waals surface area contributed by atoms with E-state index in [4.69, 9.17) is 23.2 Å². The molecule has 0 saturated carbocycles. The highest BCUT2D eigenvalue weighted by Crippen LogP contribution is 2.41. The van der Waals surface area contributed by atoms with Crippen LogP contribution in [0.25, 0.3) is 22.3 Å². The summed E-state index contributed by atoms with van der Waals surface area (Å²) in [5.74, 6) is 1.04.